The summed E-state index contributed by atoms with van der Waals surface area (Å²) < 4.78 is 35.9. The maximum absolute atomic E-state index is 12.0. The van der Waals surface area contributed by atoms with Gasteiger partial charge in [-0.05, 0) is 50.0 Å². The Labute approximate surface area is 109 Å². The maximum atomic E-state index is 12.0. The van der Waals surface area contributed by atoms with Gasteiger partial charge < -0.3 is 5.32 Å². The maximum Gasteiger partial charge on any atom is 0.389 e. The number of rotatable bonds is 5. The Balaban J connectivity index is 2.13. The van der Waals surface area contributed by atoms with Gasteiger partial charge in [0.15, 0.2) is 0 Å². The smallest absolute Gasteiger partial charge is 0.314 e. The second-order valence-corrected chi connectivity index (χ2v) is 6.52. The van der Waals surface area contributed by atoms with Gasteiger partial charge in [-0.2, -0.15) is 13.2 Å². The number of hydrogen-bond donors (Lipinski definition) is 1. The van der Waals surface area contributed by atoms with E-state index in [2.05, 4.69) is 26.1 Å². The van der Waals surface area contributed by atoms with Gasteiger partial charge in [-0.3, -0.25) is 0 Å². The number of alkyl halides is 3. The summed E-state index contributed by atoms with van der Waals surface area (Å²) in [6, 6.07) is 0.490. The van der Waals surface area contributed by atoms with E-state index < -0.39 is 12.6 Å². The van der Waals surface area contributed by atoms with E-state index in [0.29, 0.717) is 30.3 Å². The molecule has 1 rings (SSSR count). The second-order valence-electron chi connectivity index (χ2n) is 6.52. The fraction of sp³-hybridized carbons (Fsp3) is 1.00. The molecule has 0 aromatic heterocycles. The Morgan fingerprint density at radius 3 is 2.44 bits per heavy atom. The number of unbranched alkanes of at least 4 members (excludes halogenated alkanes) is 1. The molecule has 0 heterocycles. The molecule has 0 aromatic carbocycles. The van der Waals surface area contributed by atoms with Gasteiger partial charge in [0.25, 0.3) is 0 Å². The topological polar surface area (TPSA) is 12.0 Å². The van der Waals surface area contributed by atoms with Crippen molar-refractivity contribution in [3.8, 4) is 0 Å². The van der Waals surface area contributed by atoms with Gasteiger partial charge in [0, 0.05) is 12.5 Å². The summed E-state index contributed by atoms with van der Waals surface area (Å²) in [5.74, 6) is 0.622. The van der Waals surface area contributed by atoms with Gasteiger partial charge in [0.05, 0.1) is 0 Å². The lowest BCUT2D eigenvalue weighted by atomic mass is 9.70. The molecule has 1 aliphatic carbocycles. The Morgan fingerprint density at radius 1 is 1.22 bits per heavy atom. The van der Waals surface area contributed by atoms with Crippen LogP contribution in [0.3, 0.4) is 0 Å². The van der Waals surface area contributed by atoms with Crippen LogP contribution in [0.15, 0.2) is 0 Å². The van der Waals surface area contributed by atoms with Crippen molar-refractivity contribution in [2.24, 2.45) is 11.3 Å². The Morgan fingerprint density at radius 2 is 1.89 bits per heavy atom. The molecular weight excluding hydrogens is 239 g/mol. The van der Waals surface area contributed by atoms with Gasteiger partial charge in [-0.1, -0.05) is 20.8 Å². The lowest BCUT2D eigenvalue weighted by Crippen LogP contribution is -2.42. The van der Waals surface area contributed by atoms with E-state index in [-0.39, 0.29) is 6.42 Å². The summed E-state index contributed by atoms with van der Waals surface area (Å²) in [5, 5.41) is 3.43. The highest BCUT2D eigenvalue weighted by Crippen LogP contribution is 2.38. The highest BCUT2D eigenvalue weighted by Gasteiger charge is 2.32. The fourth-order valence-corrected chi connectivity index (χ4v) is 2.99. The molecule has 0 amide bonds. The minimum Gasteiger partial charge on any atom is -0.314 e. The zero-order chi connectivity index (χ0) is 13.8. The van der Waals surface area contributed by atoms with Crippen LogP contribution in [0.4, 0.5) is 13.2 Å². The van der Waals surface area contributed by atoms with Gasteiger partial charge in [-0.25, -0.2) is 0 Å². The Hall–Kier alpha value is -0.250. The number of hydrogen-bond acceptors (Lipinski definition) is 1. The van der Waals surface area contributed by atoms with E-state index in [1.165, 1.54) is 12.8 Å². The molecule has 0 aromatic rings. The van der Waals surface area contributed by atoms with Crippen molar-refractivity contribution in [3.05, 3.63) is 0 Å². The minimum absolute atomic E-state index is 0.239. The molecular formula is C14H26F3N. The van der Waals surface area contributed by atoms with E-state index in [1.54, 1.807) is 0 Å². The summed E-state index contributed by atoms with van der Waals surface area (Å²) in [5.41, 5.74) is 0.424. The fourth-order valence-electron chi connectivity index (χ4n) is 2.99. The number of halogens is 3. The Kier molecular flexibility index (Phi) is 5.50. The van der Waals surface area contributed by atoms with E-state index in [1.807, 2.05) is 0 Å². The van der Waals surface area contributed by atoms with Crippen molar-refractivity contribution in [2.75, 3.05) is 6.54 Å². The molecule has 2 atom stereocenters. The molecule has 0 aliphatic heterocycles. The van der Waals surface area contributed by atoms with Crippen LogP contribution >= 0.6 is 0 Å². The molecule has 0 spiro atoms. The largest absolute Gasteiger partial charge is 0.389 e. The second kappa shape index (κ2) is 6.27. The van der Waals surface area contributed by atoms with E-state index in [4.69, 9.17) is 0 Å². The van der Waals surface area contributed by atoms with E-state index in [0.717, 1.165) is 6.42 Å². The molecule has 1 N–H and O–H groups in total. The molecule has 1 saturated carbocycles. The van der Waals surface area contributed by atoms with Crippen LogP contribution in [-0.4, -0.2) is 18.8 Å². The van der Waals surface area contributed by atoms with Crippen molar-refractivity contribution in [2.45, 2.75) is 71.5 Å². The van der Waals surface area contributed by atoms with Crippen molar-refractivity contribution in [3.63, 3.8) is 0 Å². The SMILES string of the molecule is CC1CC(C)(C)CCC1NCCCCC(F)(F)F. The third-order valence-corrected chi connectivity index (χ3v) is 3.99. The van der Waals surface area contributed by atoms with Crippen LogP contribution in [0.1, 0.15) is 59.3 Å². The van der Waals surface area contributed by atoms with Crippen molar-refractivity contribution in [1.82, 2.24) is 5.32 Å². The molecule has 0 radical (unpaired) electrons. The molecule has 1 aliphatic rings. The molecule has 0 saturated heterocycles. The van der Waals surface area contributed by atoms with Crippen molar-refractivity contribution < 1.29 is 13.2 Å². The van der Waals surface area contributed by atoms with Crippen molar-refractivity contribution in [1.29, 1.82) is 0 Å². The standard InChI is InChI=1S/C14H26F3N/c1-11-10-13(2,3)8-6-12(11)18-9-5-4-7-14(15,16)17/h11-12,18H,4-10H2,1-3H3. The molecule has 108 valence electrons. The van der Waals surface area contributed by atoms with Crippen LogP contribution in [0.25, 0.3) is 0 Å². The zero-order valence-corrected chi connectivity index (χ0v) is 11.7. The lowest BCUT2D eigenvalue weighted by molar-refractivity contribution is -0.135. The molecule has 1 nitrogen and oxygen atoms in total. The predicted molar refractivity (Wildman–Crippen MR) is 68.5 cm³/mol. The normalized spacial score (nSPS) is 28.3. The van der Waals surface area contributed by atoms with E-state index in [9.17, 15) is 13.2 Å². The molecule has 1 fully saturated rings. The summed E-state index contributed by atoms with van der Waals surface area (Å²) in [7, 11) is 0. The summed E-state index contributed by atoms with van der Waals surface area (Å²) in [6.45, 7) is 7.55. The van der Waals surface area contributed by atoms with Crippen molar-refractivity contribution >= 4 is 0 Å². The third-order valence-electron chi connectivity index (χ3n) is 3.99. The minimum atomic E-state index is -4.00. The average Bonchev–Trinajstić information content (AvgIpc) is 2.18. The zero-order valence-electron chi connectivity index (χ0n) is 11.7. The predicted octanol–water partition coefficient (Wildman–Crippen LogP) is 4.52. The lowest BCUT2D eigenvalue weighted by Gasteiger charge is -2.39. The van der Waals surface area contributed by atoms with Crippen LogP contribution in [0.5, 0.6) is 0 Å². The first-order valence-electron chi connectivity index (χ1n) is 7.00. The van der Waals surface area contributed by atoms with Gasteiger partial charge in [0.1, 0.15) is 0 Å². The van der Waals surface area contributed by atoms with Crippen LogP contribution in [-0.2, 0) is 0 Å². The molecule has 4 heteroatoms. The highest BCUT2D eigenvalue weighted by atomic mass is 19.4. The quantitative estimate of drug-likeness (QED) is 0.720. The van der Waals surface area contributed by atoms with Crippen LogP contribution in [0.2, 0.25) is 0 Å². The Bertz CT molecular complexity index is 248. The van der Waals surface area contributed by atoms with E-state index >= 15 is 0 Å². The number of nitrogens with one attached hydrogen (secondary N) is 1. The first kappa shape index (κ1) is 15.8. The summed E-state index contributed by atoms with van der Waals surface area (Å²) in [6.07, 6.45) is -0.239. The first-order chi connectivity index (χ1) is 8.20. The van der Waals surface area contributed by atoms with Gasteiger partial charge >= 0.3 is 6.18 Å². The summed E-state index contributed by atoms with van der Waals surface area (Å²) in [4.78, 5) is 0. The van der Waals surface area contributed by atoms with Gasteiger partial charge in [0.2, 0.25) is 0 Å². The average molecular weight is 265 g/mol. The van der Waals surface area contributed by atoms with Crippen LogP contribution in [0, 0.1) is 11.3 Å². The van der Waals surface area contributed by atoms with Crippen LogP contribution < -0.4 is 5.32 Å². The first-order valence-corrected chi connectivity index (χ1v) is 7.00. The van der Waals surface area contributed by atoms with Gasteiger partial charge in [-0.15, -0.1) is 0 Å². The highest BCUT2D eigenvalue weighted by molar-refractivity contribution is 4.86. The monoisotopic (exact) mass is 265 g/mol. The molecule has 2 unspecified atom stereocenters. The molecule has 0 bridgehead atoms. The molecule has 18 heavy (non-hydrogen) atoms. The summed E-state index contributed by atoms with van der Waals surface area (Å²) >= 11 is 0. The third kappa shape index (κ3) is 6.07.